The van der Waals surface area contributed by atoms with Gasteiger partial charge < -0.3 is 0 Å². The average molecular weight is 535 g/mol. The average Bonchev–Trinajstić information content (AvgIpc) is 2.87. The first-order valence-electron chi connectivity index (χ1n) is 13.8. The maximum Gasteiger partial charge on any atom is 0.0827 e. The highest BCUT2D eigenvalue weighted by Gasteiger charge is 2.13. The number of unbranched alkanes of at least 4 members (excludes halogenated alkanes) is 15. The van der Waals surface area contributed by atoms with Crippen molar-refractivity contribution in [3.63, 3.8) is 0 Å². The van der Waals surface area contributed by atoms with Crippen molar-refractivity contribution in [1.29, 1.82) is 0 Å². The van der Waals surface area contributed by atoms with Crippen molar-refractivity contribution in [3.8, 4) is 0 Å². The Hall–Kier alpha value is -0.0800. The van der Waals surface area contributed by atoms with E-state index in [2.05, 4.69) is 102 Å². The van der Waals surface area contributed by atoms with E-state index in [1.807, 2.05) is 0 Å². The summed E-state index contributed by atoms with van der Waals surface area (Å²) in [5.74, 6) is 1.30. The van der Waals surface area contributed by atoms with Crippen molar-refractivity contribution in [1.82, 2.24) is 0 Å². The zero-order valence-corrected chi connectivity index (χ0v) is 24.8. The molecule has 2 aromatic rings. The van der Waals surface area contributed by atoms with E-state index in [1.54, 1.807) is 0 Å². The molecule has 0 amide bonds. The largest absolute Gasteiger partial charge is 0.112 e. The SMILES string of the molecule is CCCCCCCCCCCCCCCCCCSP(Sc1ccccc1)Sc1ccccc1. The maximum absolute atomic E-state index is 2.30. The molecule has 0 aliphatic carbocycles. The summed E-state index contributed by atoms with van der Waals surface area (Å²) in [7, 11) is 0. The molecule has 4 heteroatoms. The summed E-state index contributed by atoms with van der Waals surface area (Å²) in [5.41, 5.74) is -0.207. The normalized spacial score (nSPS) is 11.4. The Morgan fingerprint density at radius 3 is 1.21 bits per heavy atom. The van der Waals surface area contributed by atoms with Crippen molar-refractivity contribution < 1.29 is 0 Å². The van der Waals surface area contributed by atoms with Crippen LogP contribution in [0.15, 0.2) is 70.5 Å². The summed E-state index contributed by atoms with van der Waals surface area (Å²) in [6.45, 7) is 2.30. The Labute approximate surface area is 224 Å². The van der Waals surface area contributed by atoms with E-state index < -0.39 is 0 Å². The lowest BCUT2D eigenvalue weighted by Gasteiger charge is -2.15. The molecule has 2 rings (SSSR count). The molecule has 0 nitrogen and oxygen atoms in total. The molecule has 0 aliphatic heterocycles. The van der Waals surface area contributed by atoms with Gasteiger partial charge in [-0.3, -0.25) is 0 Å². The standard InChI is InChI=1S/C30H47PS3/c1-2-3-4-5-6-7-8-9-10-11-12-13-14-15-16-23-28-32-31(33-29-24-19-17-20-25-29)34-30-26-21-18-22-27-30/h17-22,24-27H,2-16,23,28H2,1H3. The van der Waals surface area contributed by atoms with Gasteiger partial charge in [0.05, 0.1) is 5.53 Å². The predicted octanol–water partition coefficient (Wildman–Crippen LogP) is 12.8. The molecule has 2 aromatic carbocycles. The monoisotopic (exact) mass is 534 g/mol. The third-order valence-electron chi connectivity index (χ3n) is 6.04. The van der Waals surface area contributed by atoms with E-state index in [-0.39, 0.29) is 5.53 Å². The number of hydrogen-bond acceptors (Lipinski definition) is 3. The summed E-state index contributed by atoms with van der Waals surface area (Å²) in [6.07, 6.45) is 23.1. The van der Waals surface area contributed by atoms with E-state index in [0.29, 0.717) is 0 Å². The van der Waals surface area contributed by atoms with Gasteiger partial charge in [0, 0.05) is 9.79 Å². The summed E-state index contributed by atoms with van der Waals surface area (Å²) < 4.78 is 0. The van der Waals surface area contributed by atoms with E-state index in [0.717, 1.165) is 0 Å². The molecule has 0 radical (unpaired) electrons. The first-order chi connectivity index (χ1) is 16.9. The fourth-order valence-corrected chi connectivity index (χ4v) is 14.3. The summed E-state index contributed by atoms with van der Waals surface area (Å²) >= 11 is 6.31. The van der Waals surface area contributed by atoms with Crippen LogP contribution in [0, 0.1) is 0 Å². The topological polar surface area (TPSA) is 0 Å². The maximum atomic E-state index is 2.30. The van der Waals surface area contributed by atoms with Gasteiger partial charge in [-0.05, 0) is 36.4 Å². The van der Waals surface area contributed by atoms with Crippen molar-refractivity contribution in [3.05, 3.63) is 60.7 Å². The summed E-state index contributed by atoms with van der Waals surface area (Å²) in [4.78, 5) is 2.80. The van der Waals surface area contributed by atoms with Crippen LogP contribution in [-0.2, 0) is 0 Å². The molecule has 0 aliphatic rings. The molecule has 190 valence electrons. The zero-order valence-electron chi connectivity index (χ0n) is 21.5. The second-order valence-electron chi connectivity index (χ2n) is 9.17. The van der Waals surface area contributed by atoms with Crippen LogP contribution in [-0.4, -0.2) is 5.75 Å². The molecule has 0 saturated heterocycles. The zero-order chi connectivity index (χ0) is 23.9. The number of benzene rings is 2. The fraction of sp³-hybridized carbons (Fsp3) is 0.600. The summed E-state index contributed by atoms with van der Waals surface area (Å²) in [5, 5.41) is 0. The van der Waals surface area contributed by atoms with Crippen molar-refractivity contribution >= 4 is 39.7 Å². The van der Waals surface area contributed by atoms with Crippen LogP contribution < -0.4 is 0 Å². The molecule has 0 N–H and O–H groups in total. The van der Waals surface area contributed by atoms with Crippen LogP contribution in [0.25, 0.3) is 0 Å². The molecule has 0 heterocycles. The van der Waals surface area contributed by atoms with E-state index in [9.17, 15) is 0 Å². The minimum Gasteiger partial charge on any atom is -0.112 e. The van der Waals surface area contributed by atoms with Crippen molar-refractivity contribution in [2.75, 3.05) is 5.75 Å². The molecule has 34 heavy (non-hydrogen) atoms. The van der Waals surface area contributed by atoms with Crippen LogP contribution in [0.2, 0.25) is 0 Å². The minimum absolute atomic E-state index is 0.207. The van der Waals surface area contributed by atoms with Crippen LogP contribution in [0.1, 0.15) is 110 Å². The Morgan fingerprint density at radius 1 is 0.471 bits per heavy atom. The van der Waals surface area contributed by atoms with Gasteiger partial charge >= 0.3 is 0 Å². The second-order valence-corrected chi connectivity index (χ2v) is 18.8. The molecule has 0 fully saturated rings. The van der Waals surface area contributed by atoms with Gasteiger partial charge in [-0.1, -0.05) is 162 Å². The van der Waals surface area contributed by atoms with Gasteiger partial charge in [0.1, 0.15) is 0 Å². The van der Waals surface area contributed by atoms with Gasteiger partial charge in [0.2, 0.25) is 0 Å². The van der Waals surface area contributed by atoms with Crippen LogP contribution in [0.4, 0.5) is 0 Å². The molecule has 0 atom stereocenters. The Kier molecular flexibility index (Phi) is 19.6. The Balaban J connectivity index is 1.44. The molecular weight excluding hydrogens is 488 g/mol. The third-order valence-corrected chi connectivity index (χ3v) is 15.9. The number of rotatable bonds is 22. The molecule has 0 aromatic heterocycles. The quantitative estimate of drug-likeness (QED) is 0.109. The van der Waals surface area contributed by atoms with Gasteiger partial charge in [-0.25, -0.2) is 0 Å². The van der Waals surface area contributed by atoms with Gasteiger partial charge in [-0.15, -0.1) is 11.4 Å². The van der Waals surface area contributed by atoms with Crippen molar-refractivity contribution in [2.24, 2.45) is 0 Å². The second kappa shape index (κ2) is 22.1. The Morgan fingerprint density at radius 2 is 0.824 bits per heavy atom. The minimum atomic E-state index is -0.207. The van der Waals surface area contributed by atoms with Gasteiger partial charge in [0.15, 0.2) is 0 Å². The molecule has 0 unspecified atom stereocenters. The highest BCUT2D eigenvalue weighted by molar-refractivity contribution is 9.12. The molecule has 0 bridgehead atoms. The first kappa shape index (κ1) is 30.1. The van der Waals surface area contributed by atoms with E-state index >= 15 is 0 Å². The van der Waals surface area contributed by atoms with Gasteiger partial charge in [-0.2, -0.15) is 0 Å². The Bertz CT molecular complexity index is 638. The summed E-state index contributed by atoms with van der Waals surface area (Å²) in [6, 6.07) is 21.9. The molecular formula is C30H47PS3. The van der Waals surface area contributed by atoms with Crippen LogP contribution >= 0.6 is 39.7 Å². The predicted molar refractivity (Wildman–Crippen MR) is 164 cm³/mol. The first-order valence-corrected chi connectivity index (χ1v) is 19.5. The lowest BCUT2D eigenvalue weighted by atomic mass is 10.0. The van der Waals surface area contributed by atoms with Gasteiger partial charge in [0.25, 0.3) is 0 Å². The van der Waals surface area contributed by atoms with Crippen LogP contribution in [0.5, 0.6) is 0 Å². The lowest BCUT2D eigenvalue weighted by molar-refractivity contribution is 0.532. The molecule has 0 saturated carbocycles. The van der Waals surface area contributed by atoms with E-state index in [1.165, 1.54) is 118 Å². The fourth-order valence-electron chi connectivity index (χ4n) is 4.00. The van der Waals surface area contributed by atoms with Crippen LogP contribution in [0.3, 0.4) is 0 Å². The highest BCUT2D eigenvalue weighted by atomic mass is 33.4. The highest BCUT2D eigenvalue weighted by Crippen LogP contribution is 2.74. The van der Waals surface area contributed by atoms with E-state index in [4.69, 9.17) is 0 Å². The smallest absolute Gasteiger partial charge is 0.0827 e. The van der Waals surface area contributed by atoms with Crippen molar-refractivity contribution in [2.45, 2.75) is 119 Å². The third kappa shape index (κ3) is 16.6. The molecule has 0 spiro atoms. The lowest BCUT2D eigenvalue weighted by Crippen LogP contribution is -1.84. The number of hydrogen-bond donors (Lipinski definition) is 0.